The summed E-state index contributed by atoms with van der Waals surface area (Å²) in [5.41, 5.74) is 5.53. The van der Waals surface area contributed by atoms with E-state index in [0.29, 0.717) is 17.7 Å². The van der Waals surface area contributed by atoms with E-state index >= 15 is 0 Å². The van der Waals surface area contributed by atoms with Crippen LogP contribution >= 0.6 is 22.6 Å². The van der Waals surface area contributed by atoms with Gasteiger partial charge in [0.2, 0.25) is 0 Å². The van der Waals surface area contributed by atoms with Gasteiger partial charge in [-0.15, -0.1) is 0 Å². The standard InChI is InChI=1S/C22H16IN3O2/c23-20-9-7-19(8-10-20)22(27)26-25-14-17-5-11-21(12-6-17)28-15-18-3-1-16(13-24)2-4-18/h1-12,14H,15H2,(H,26,27)/b25-14-. The molecule has 0 bridgehead atoms. The van der Waals surface area contributed by atoms with Crippen LogP contribution in [0.5, 0.6) is 5.75 Å². The molecule has 1 amide bonds. The number of hydrazone groups is 1. The zero-order valence-corrected chi connectivity index (χ0v) is 17.0. The van der Waals surface area contributed by atoms with Crippen LogP contribution in [0.3, 0.4) is 0 Å². The van der Waals surface area contributed by atoms with Crippen LogP contribution < -0.4 is 10.2 Å². The van der Waals surface area contributed by atoms with Crippen molar-refractivity contribution in [2.45, 2.75) is 6.61 Å². The second kappa shape index (κ2) is 9.67. The Bertz CT molecular complexity index is 1010. The van der Waals surface area contributed by atoms with Gasteiger partial charge in [-0.25, -0.2) is 5.43 Å². The van der Waals surface area contributed by atoms with Crippen LogP contribution in [0.1, 0.15) is 27.0 Å². The van der Waals surface area contributed by atoms with E-state index < -0.39 is 0 Å². The van der Waals surface area contributed by atoms with Gasteiger partial charge < -0.3 is 4.74 Å². The Morgan fingerprint density at radius 3 is 2.36 bits per heavy atom. The predicted octanol–water partition coefficient (Wildman–Crippen LogP) is 4.51. The van der Waals surface area contributed by atoms with Crippen molar-refractivity contribution in [3.8, 4) is 11.8 Å². The van der Waals surface area contributed by atoms with Crippen molar-refractivity contribution >= 4 is 34.7 Å². The summed E-state index contributed by atoms with van der Waals surface area (Å²) in [7, 11) is 0. The molecule has 1 N–H and O–H groups in total. The number of hydrogen-bond acceptors (Lipinski definition) is 4. The molecule has 0 atom stereocenters. The topological polar surface area (TPSA) is 74.5 Å². The minimum atomic E-state index is -0.255. The molecular weight excluding hydrogens is 465 g/mol. The number of ether oxygens (including phenoxy) is 1. The fourth-order valence-corrected chi connectivity index (χ4v) is 2.68. The van der Waals surface area contributed by atoms with Gasteiger partial charge in [0.1, 0.15) is 12.4 Å². The van der Waals surface area contributed by atoms with E-state index in [1.54, 1.807) is 30.5 Å². The molecule has 3 aromatic carbocycles. The van der Waals surface area contributed by atoms with Crippen LogP contribution in [0.4, 0.5) is 0 Å². The number of hydrogen-bond donors (Lipinski definition) is 1. The van der Waals surface area contributed by atoms with Gasteiger partial charge >= 0.3 is 0 Å². The van der Waals surface area contributed by atoms with E-state index in [1.807, 2.05) is 48.5 Å². The molecule has 0 unspecified atom stereocenters. The van der Waals surface area contributed by atoms with Gasteiger partial charge in [0.05, 0.1) is 17.8 Å². The molecule has 3 rings (SSSR count). The monoisotopic (exact) mass is 481 g/mol. The van der Waals surface area contributed by atoms with Crippen molar-refractivity contribution < 1.29 is 9.53 Å². The van der Waals surface area contributed by atoms with E-state index in [4.69, 9.17) is 10.00 Å². The lowest BCUT2D eigenvalue weighted by molar-refractivity contribution is 0.0955. The second-order valence-electron chi connectivity index (χ2n) is 5.87. The molecule has 28 heavy (non-hydrogen) atoms. The van der Waals surface area contributed by atoms with Crippen LogP contribution in [-0.4, -0.2) is 12.1 Å². The fraction of sp³-hybridized carbons (Fsp3) is 0.0455. The molecule has 0 aliphatic carbocycles. The van der Waals surface area contributed by atoms with Crippen LogP contribution in [0, 0.1) is 14.9 Å². The molecule has 0 aliphatic heterocycles. The molecule has 0 fully saturated rings. The molecule has 0 saturated carbocycles. The largest absolute Gasteiger partial charge is 0.489 e. The highest BCUT2D eigenvalue weighted by Crippen LogP contribution is 2.14. The summed E-state index contributed by atoms with van der Waals surface area (Å²) in [6.45, 7) is 0.422. The minimum absolute atomic E-state index is 0.255. The van der Waals surface area contributed by atoms with Crippen molar-refractivity contribution in [2.24, 2.45) is 5.10 Å². The van der Waals surface area contributed by atoms with Gasteiger partial charge in [0, 0.05) is 9.13 Å². The molecule has 0 heterocycles. The van der Waals surface area contributed by atoms with E-state index in [9.17, 15) is 4.79 Å². The average Bonchev–Trinajstić information content (AvgIpc) is 2.74. The van der Waals surface area contributed by atoms with Gasteiger partial charge in [-0.3, -0.25) is 4.79 Å². The molecule has 0 aromatic heterocycles. The number of nitrogens with zero attached hydrogens (tertiary/aromatic N) is 2. The van der Waals surface area contributed by atoms with Gasteiger partial charge in [-0.05, 0) is 94.4 Å². The average molecular weight is 481 g/mol. The Balaban J connectivity index is 1.50. The SMILES string of the molecule is N#Cc1ccc(COc2ccc(/C=N\NC(=O)c3ccc(I)cc3)cc2)cc1. The first-order valence-corrected chi connectivity index (χ1v) is 9.53. The highest BCUT2D eigenvalue weighted by Gasteiger charge is 2.03. The minimum Gasteiger partial charge on any atom is -0.489 e. The molecule has 138 valence electrons. The maximum atomic E-state index is 12.0. The van der Waals surface area contributed by atoms with Crippen LogP contribution in [0.15, 0.2) is 77.9 Å². The molecule has 6 heteroatoms. The van der Waals surface area contributed by atoms with Crippen LogP contribution in [0.2, 0.25) is 0 Å². The zero-order valence-electron chi connectivity index (χ0n) is 14.8. The molecule has 3 aromatic rings. The van der Waals surface area contributed by atoms with Crippen molar-refractivity contribution in [1.82, 2.24) is 5.43 Å². The third-order valence-corrected chi connectivity index (χ3v) is 4.57. The quantitative estimate of drug-likeness (QED) is 0.320. The third-order valence-electron chi connectivity index (χ3n) is 3.85. The highest BCUT2D eigenvalue weighted by atomic mass is 127. The summed E-state index contributed by atoms with van der Waals surface area (Å²) in [5.74, 6) is 0.472. The first kappa shape index (κ1) is 19.6. The summed E-state index contributed by atoms with van der Waals surface area (Å²) in [4.78, 5) is 12.0. The lowest BCUT2D eigenvalue weighted by Gasteiger charge is -2.06. The number of nitriles is 1. The van der Waals surface area contributed by atoms with Gasteiger partial charge in [0.25, 0.3) is 5.91 Å². The Hall–Kier alpha value is -3.18. The van der Waals surface area contributed by atoms with Gasteiger partial charge in [-0.1, -0.05) is 12.1 Å². The second-order valence-corrected chi connectivity index (χ2v) is 7.12. The van der Waals surface area contributed by atoms with E-state index in [1.165, 1.54) is 0 Å². The van der Waals surface area contributed by atoms with Crippen molar-refractivity contribution in [1.29, 1.82) is 5.26 Å². The summed E-state index contributed by atoms with van der Waals surface area (Å²) < 4.78 is 6.80. The molecule has 0 saturated heterocycles. The summed E-state index contributed by atoms with van der Waals surface area (Å²) in [6.07, 6.45) is 1.58. The van der Waals surface area contributed by atoms with Crippen molar-refractivity contribution in [2.75, 3.05) is 0 Å². The number of nitrogens with one attached hydrogen (secondary N) is 1. The number of carbonyl (C=O) groups excluding carboxylic acids is 1. The third kappa shape index (κ3) is 5.66. The number of halogens is 1. The first-order chi connectivity index (χ1) is 13.6. The number of carbonyl (C=O) groups is 1. The maximum Gasteiger partial charge on any atom is 0.271 e. The van der Waals surface area contributed by atoms with E-state index in [0.717, 1.165) is 20.4 Å². The lowest BCUT2D eigenvalue weighted by atomic mass is 10.1. The Labute approximate surface area is 176 Å². The molecular formula is C22H16IN3O2. The Morgan fingerprint density at radius 1 is 1.04 bits per heavy atom. The lowest BCUT2D eigenvalue weighted by Crippen LogP contribution is -2.17. The molecule has 0 spiro atoms. The van der Waals surface area contributed by atoms with Gasteiger partial charge in [-0.2, -0.15) is 10.4 Å². The molecule has 5 nitrogen and oxygen atoms in total. The van der Waals surface area contributed by atoms with Crippen molar-refractivity contribution in [3.05, 3.63) is 98.6 Å². The Kier molecular flexibility index (Phi) is 6.76. The highest BCUT2D eigenvalue weighted by molar-refractivity contribution is 14.1. The first-order valence-electron chi connectivity index (χ1n) is 8.45. The fourth-order valence-electron chi connectivity index (χ4n) is 2.32. The summed E-state index contributed by atoms with van der Waals surface area (Å²) in [6, 6.07) is 24.0. The number of amides is 1. The molecule has 0 aliphatic rings. The number of rotatable bonds is 6. The summed E-state index contributed by atoms with van der Waals surface area (Å²) >= 11 is 2.19. The summed E-state index contributed by atoms with van der Waals surface area (Å²) in [5, 5.41) is 12.8. The van der Waals surface area contributed by atoms with E-state index in [-0.39, 0.29) is 5.91 Å². The van der Waals surface area contributed by atoms with Gasteiger partial charge in [0.15, 0.2) is 0 Å². The molecule has 0 radical (unpaired) electrons. The Morgan fingerprint density at radius 2 is 1.71 bits per heavy atom. The van der Waals surface area contributed by atoms with Crippen LogP contribution in [0.25, 0.3) is 0 Å². The normalized spacial score (nSPS) is 10.4. The maximum absolute atomic E-state index is 12.0. The smallest absolute Gasteiger partial charge is 0.271 e. The number of benzene rings is 3. The zero-order chi connectivity index (χ0) is 19.8. The predicted molar refractivity (Wildman–Crippen MR) is 116 cm³/mol. The van der Waals surface area contributed by atoms with E-state index in [2.05, 4.69) is 39.2 Å². The van der Waals surface area contributed by atoms with Crippen molar-refractivity contribution in [3.63, 3.8) is 0 Å². The van der Waals surface area contributed by atoms with Crippen LogP contribution in [-0.2, 0) is 6.61 Å².